The van der Waals surface area contributed by atoms with E-state index in [4.69, 9.17) is 16.3 Å². The van der Waals surface area contributed by atoms with Crippen LogP contribution in [0.5, 0.6) is 0 Å². The Bertz CT molecular complexity index is 479. The van der Waals surface area contributed by atoms with Gasteiger partial charge < -0.3 is 4.74 Å². The molecule has 4 rings (SSSR count). The van der Waals surface area contributed by atoms with Crippen LogP contribution >= 0.6 is 27.5 Å². The number of halogens is 2. The monoisotopic (exact) mass is 346 g/mol. The molecule has 3 aliphatic rings. The fourth-order valence-corrected chi connectivity index (χ4v) is 3.21. The maximum Gasteiger partial charge on any atom is 0.148 e. The van der Waals surface area contributed by atoms with Crippen LogP contribution in [0, 0.1) is 0 Å². The predicted molar refractivity (Wildman–Crippen MR) is 76.2 cm³/mol. The molecular weight excluding hydrogens is 332 g/mol. The Morgan fingerprint density at radius 2 is 2.05 bits per heavy atom. The summed E-state index contributed by atoms with van der Waals surface area (Å²) in [6.07, 6.45) is 0. The molecule has 0 spiro atoms. The van der Waals surface area contributed by atoms with Crippen molar-refractivity contribution in [1.82, 2.24) is 19.8 Å². The molecule has 0 radical (unpaired) electrons. The van der Waals surface area contributed by atoms with Gasteiger partial charge in [-0.2, -0.15) is 0 Å². The molecule has 104 valence electrons. The summed E-state index contributed by atoms with van der Waals surface area (Å²) in [5, 5.41) is 0.467. The van der Waals surface area contributed by atoms with Gasteiger partial charge in [-0.25, -0.2) is 9.97 Å². The van der Waals surface area contributed by atoms with E-state index in [9.17, 15) is 0 Å². The lowest BCUT2D eigenvalue weighted by Crippen LogP contribution is -2.57. The summed E-state index contributed by atoms with van der Waals surface area (Å²) in [4.78, 5) is 14.0. The summed E-state index contributed by atoms with van der Waals surface area (Å²) >= 11 is 9.61. The average molecular weight is 348 g/mol. The number of aromatic nitrogens is 2. The largest absolute Gasteiger partial charge is 0.378 e. The van der Waals surface area contributed by atoms with Gasteiger partial charge in [0.25, 0.3) is 0 Å². The Morgan fingerprint density at radius 3 is 2.63 bits per heavy atom. The van der Waals surface area contributed by atoms with Crippen LogP contribution in [0.4, 0.5) is 0 Å². The first-order valence-electron chi connectivity index (χ1n) is 6.36. The molecule has 3 fully saturated rings. The van der Waals surface area contributed by atoms with Gasteiger partial charge in [0.2, 0.25) is 0 Å². The van der Waals surface area contributed by atoms with Crippen LogP contribution in [0.15, 0.2) is 4.47 Å². The van der Waals surface area contributed by atoms with Crippen LogP contribution in [0.1, 0.15) is 17.6 Å². The van der Waals surface area contributed by atoms with Crippen LogP contribution in [0.3, 0.4) is 0 Å². The van der Waals surface area contributed by atoms with Crippen molar-refractivity contribution in [2.24, 2.45) is 0 Å². The lowest BCUT2D eigenvalue weighted by molar-refractivity contribution is 0.00840. The third kappa shape index (κ3) is 2.64. The quantitative estimate of drug-likeness (QED) is 0.779. The molecule has 0 aromatic carbocycles. The molecule has 3 saturated heterocycles. The first kappa shape index (κ1) is 13.7. The third-order valence-corrected chi connectivity index (χ3v) is 5.09. The maximum atomic E-state index is 6.19. The Labute approximate surface area is 126 Å². The van der Waals surface area contributed by atoms with E-state index < -0.39 is 0 Å². The summed E-state index contributed by atoms with van der Waals surface area (Å²) in [5.41, 5.74) is 0.815. The average Bonchev–Trinajstić information content (AvgIpc) is 2.45. The lowest BCUT2D eigenvalue weighted by Gasteiger charge is -2.46. The second-order valence-electron chi connectivity index (χ2n) is 4.92. The van der Waals surface area contributed by atoms with E-state index >= 15 is 0 Å². The Hall–Kier alpha value is -0.270. The van der Waals surface area contributed by atoms with E-state index in [1.54, 1.807) is 7.11 Å². The standard InChI is InChI=1S/C12H16BrClN4O/c1-19-7-8-10(13)11(14)16-12(15-8)9-6-17-2-4-18(9)5-3-17/h9H,2-7H2,1H3. The molecule has 0 aliphatic carbocycles. The van der Waals surface area contributed by atoms with Crippen molar-refractivity contribution in [3.63, 3.8) is 0 Å². The van der Waals surface area contributed by atoms with E-state index in [1.165, 1.54) is 0 Å². The van der Waals surface area contributed by atoms with E-state index in [2.05, 4.69) is 35.7 Å². The number of hydrogen-bond donors (Lipinski definition) is 0. The minimum absolute atomic E-state index is 0.253. The molecule has 1 atom stereocenters. The first-order valence-corrected chi connectivity index (χ1v) is 7.53. The molecule has 5 nitrogen and oxygen atoms in total. The summed E-state index contributed by atoms with van der Waals surface area (Å²) in [5.74, 6) is 0.810. The van der Waals surface area contributed by atoms with E-state index in [1.807, 2.05) is 0 Å². The Balaban J connectivity index is 1.92. The Morgan fingerprint density at radius 1 is 1.32 bits per heavy atom. The second-order valence-corrected chi connectivity index (χ2v) is 6.07. The van der Waals surface area contributed by atoms with Gasteiger partial charge in [-0.1, -0.05) is 11.6 Å². The van der Waals surface area contributed by atoms with Gasteiger partial charge in [0.05, 0.1) is 22.8 Å². The van der Waals surface area contributed by atoms with Crippen molar-refractivity contribution < 1.29 is 4.74 Å². The predicted octanol–water partition coefficient (Wildman–Crippen LogP) is 1.71. The molecule has 2 bridgehead atoms. The number of methoxy groups -OCH3 is 1. The van der Waals surface area contributed by atoms with Crippen molar-refractivity contribution in [2.75, 3.05) is 39.8 Å². The molecule has 0 saturated carbocycles. The molecule has 1 unspecified atom stereocenters. The molecule has 3 aliphatic heterocycles. The first-order chi connectivity index (χ1) is 9.19. The molecule has 0 N–H and O–H groups in total. The minimum atomic E-state index is 0.253. The zero-order valence-electron chi connectivity index (χ0n) is 10.8. The second kappa shape index (κ2) is 5.61. The highest BCUT2D eigenvalue weighted by molar-refractivity contribution is 9.10. The van der Waals surface area contributed by atoms with Crippen LogP contribution in [-0.2, 0) is 11.3 Å². The van der Waals surface area contributed by atoms with Crippen molar-refractivity contribution >= 4 is 27.5 Å². The highest BCUT2D eigenvalue weighted by Gasteiger charge is 2.35. The van der Waals surface area contributed by atoms with Gasteiger partial charge in [-0.3, -0.25) is 9.80 Å². The van der Waals surface area contributed by atoms with Gasteiger partial charge in [-0.15, -0.1) is 0 Å². The lowest BCUT2D eigenvalue weighted by atomic mass is 10.1. The van der Waals surface area contributed by atoms with Crippen molar-refractivity contribution in [2.45, 2.75) is 12.6 Å². The fourth-order valence-electron chi connectivity index (χ4n) is 2.73. The van der Waals surface area contributed by atoms with Crippen LogP contribution in [-0.4, -0.2) is 59.6 Å². The van der Waals surface area contributed by atoms with Gasteiger partial charge in [0.15, 0.2) is 0 Å². The minimum Gasteiger partial charge on any atom is -0.378 e. The summed E-state index contributed by atoms with van der Waals surface area (Å²) in [6, 6.07) is 0.253. The normalized spacial score (nSPS) is 29.7. The van der Waals surface area contributed by atoms with Gasteiger partial charge in [0.1, 0.15) is 11.0 Å². The topological polar surface area (TPSA) is 41.5 Å². The molecule has 7 heteroatoms. The molecule has 0 amide bonds. The number of ether oxygens (including phenoxy) is 1. The highest BCUT2D eigenvalue weighted by Crippen LogP contribution is 2.30. The van der Waals surface area contributed by atoms with Crippen molar-refractivity contribution in [1.29, 1.82) is 0 Å². The molecular formula is C12H16BrClN4O. The Kier molecular flexibility index (Phi) is 4.05. The molecule has 1 aromatic heterocycles. The number of rotatable bonds is 3. The van der Waals surface area contributed by atoms with E-state index in [0.29, 0.717) is 11.8 Å². The fraction of sp³-hybridized carbons (Fsp3) is 0.667. The maximum absolute atomic E-state index is 6.19. The molecule has 4 heterocycles. The summed E-state index contributed by atoms with van der Waals surface area (Å²) < 4.78 is 5.90. The van der Waals surface area contributed by atoms with Gasteiger partial charge in [-0.05, 0) is 15.9 Å². The number of fused-ring (bicyclic) bond motifs is 3. The van der Waals surface area contributed by atoms with Crippen LogP contribution in [0.25, 0.3) is 0 Å². The van der Waals surface area contributed by atoms with Crippen molar-refractivity contribution in [3.05, 3.63) is 21.1 Å². The molecule has 19 heavy (non-hydrogen) atoms. The zero-order chi connectivity index (χ0) is 13.4. The van der Waals surface area contributed by atoms with Gasteiger partial charge >= 0.3 is 0 Å². The van der Waals surface area contributed by atoms with E-state index in [0.717, 1.165) is 48.7 Å². The summed E-state index contributed by atoms with van der Waals surface area (Å²) in [7, 11) is 1.65. The number of piperazine rings is 3. The van der Waals surface area contributed by atoms with Crippen LogP contribution < -0.4 is 0 Å². The smallest absolute Gasteiger partial charge is 0.148 e. The number of hydrogen-bond acceptors (Lipinski definition) is 5. The highest BCUT2D eigenvalue weighted by atomic mass is 79.9. The number of nitrogens with zero attached hydrogens (tertiary/aromatic N) is 4. The zero-order valence-corrected chi connectivity index (χ0v) is 13.1. The van der Waals surface area contributed by atoms with E-state index in [-0.39, 0.29) is 6.04 Å². The summed E-state index contributed by atoms with van der Waals surface area (Å²) in [6.45, 7) is 5.89. The van der Waals surface area contributed by atoms with Crippen LogP contribution in [0.2, 0.25) is 5.15 Å². The SMILES string of the molecule is COCc1nc(C2CN3CCN2CC3)nc(Cl)c1Br. The third-order valence-electron chi connectivity index (χ3n) is 3.75. The van der Waals surface area contributed by atoms with Gasteiger partial charge in [0, 0.05) is 39.8 Å². The molecule has 1 aromatic rings. The van der Waals surface area contributed by atoms with Crippen molar-refractivity contribution in [3.8, 4) is 0 Å².